The van der Waals surface area contributed by atoms with Crippen molar-refractivity contribution in [3.05, 3.63) is 77.9 Å². The van der Waals surface area contributed by atoms with Gasteiger partial charge in [-0.25, -0.2) is 4.98 Å². The van der Waals surface area contributed by atoms with Gasteiger partial charge in [-0.05, 0) is 66.6 Å². The number of aromatic nitrogens is 2. The summed E-state index contributed by atoms with van der Waals surface area (Å²) in [6, 6.07) is 17.4. The number of nitrogens with one attached hydrogen (secondary N) is 1. The number of piperidine rings is 1. The van der Waals surface area contributed by atoms with Crippen LogP contribution in [-0.2, 0) is 6.54 Å². The fraction of sp³-hybridized carbons (Fsp3) is 0.385. The molecule has 1 aliphatic rings. The fourth-order valence-corrected chi connectivity index (χ4v) is 5.02. The first-order chi connectivity index (χ1) is 15.5. The normalized spacial score (nSPS) is 14.7. The van der Waals surface area contributed by atoms with Crippen LogP contribution in [0.25, 0.3) is 0 Å². The summed E-state index contributed by atoms with van der Waals surface area (Å²) in [5, 5.41) is 4.23. The third-order valence-electron chi connectivity index (χ3n) is 6.22. The summed E-state index contributed by atoms with van der Waals surface area (Å²) in [5.41, 5.74) is 3.77. The van der Waals surface area contributed by atoms with Gasteiger partial charge in [0.2, 0.25) is 0 Å². The summed E-state index contributed by atoms with van der Waals surface area (Å²) in [4.78, 5) is 8.26. The largest absolute Gasteiger partial charge is 0.349 e. The van der Waals surface area contributed by atoms with Gasteiger partial charge in [0, 0.05) is 48.5 Å². The molecule has 0 radical (unpaired) electrons. The zero-order chi connectivity index (χ0) is 22.5. The second kappa shape index (κ2) is 10.5. The third-order valence-corrected chi connectivity index (χ3v) is 7.30. The van der Waals surface area contributed by atoms with Crippen LogP contribution in [0.5, 0.6) is 0 Å². The molecule has 0 saturated carbocycles. The molecule has 32 heavy (non-hydrogen) atoms. The molecule has 6 heteroatoms. The molecule has 1 aromatic heterocycles. The predicted octanol–water partition coefficient (Wildman–Crippen LogP) is 6.35. The van der Waals surface area contributed by atoms with Crippen molar-refractivity contribution in [3.63, 3.8) is 0 Å². The number of rotatable bonds is 6. The molecular formula is C26H32N4S2. The quantitative estimate of drug-likeness (QED) is 0.339. The molecule has 0 atom stereocenters. The number of nitrogens with zero attached hydrogens (tertiary/aromatic N) is 3. The number of benzene rings is 2. The maximum Gasteiger partial charge on any atom is 0.173 e. The highest BCUT2D eigenvalue weighted by Gasteiger charge is 2.25. The van der Waals surface area contributed by atoms with Crippen molar-refractivity contribution >= 4 is 34.8 Å². The number of hydrogen-bond acceptors (Lipinski definition) is 3. The second-order valence-corrected chi connectivity index (χ2v) is 10.00. The summed E-state index contributed by atoms with van der Waals surface area (Å²) in [7, 11) is 0. The van der Waals surface area contributed by atoms with E-state index in [1.54, 1.807) is 11.8 Å². The lowest BCUT2D eigenvalue weighted by Gasteiger charge is -2.33. The summed E-state index contributed by atoms with van der Waals surface area (Å²) in [6.45, 7) is 7.25. The molecule has 2 heterocycles. The van der Waals surface area contributed by atoms with Crippen molar-refractivity contribution in [1.82, 2.24) is 14.5 Å². The van der Waals surface area contributed by atoms with E-state index in [1.165, 1.54) is 21.8 Å². The number of thioether (sulfide) groups is 1. The highest BCUT2D eigenvalue weighted by Crippen LogP contribution is 2.28. The topological polar surface area (TPSA) is 33.1 Å². The first-order valence-corrected chi connectivity index (χ1v) is 13.0. The minimum absolute atomic E-state index is 0.471. The maximum absolute atomic E-state index is 5.70. The summed E-state index contributed by atoms with van der Waals surface area (Å²) < 4.78 is 2.31. The minimum atomic E-state index is 0.471. The van der Waals surface area contributed by atoms with Crippen LogP contribution >= 0.6 is 24.0 Å². The molecule has 1 N–H and O–H groups in total. The lowest BCUT2D eigenvalue weighted by Crippen LogP contribution is -2.40. The molecule has 0 unspecified atom stereocenters. The first-order valence-electron chi connectivity index (χ1n) is 11.3. The Labute approximate surface area is 201 Å². The van der Waals surface area contributed by atoms with Crippen molar-refractivity contribution < 1.29 is 0 Å². The molecule has 0 spiro atoms. The first kappa shape index (κ1) is 22.9. The van der Waals surface area contributed by atoms with E-state index in [0.29, 0.717) is 11.8 Å². The zero-order valence-corrected chi connectivity index (χ0v) is 20.8. The molecule has 1 saturated heterocycles. The summed E-state index contributed by atoms with van der Waals surface area (Å²) in [6.07, 6.45) is 8.27. The fourth-order valence-electron chi connectivity index (χ4n) is 4.26. The molecule has 168 valence electrons. The second-order valence-electron chi connectivity index (χ2n) is 8.73. The molecule has 4 rings (SSSR count). The highest BCUT2D eigenvalue weighted by atomic mass is 32.2. The van der Waals surface area contributed by atoms with Crippen LogP contribution in [0.15, 0.2) is 65.8 Å². The smallest absolute Gasteiger partial charge is 0.173 e. The van der Waals surface area contributed by atoms with Gasteiger partial charge in [0.1, 0.15) is 5.82 Å². The molecule has 4 nitrogen and oxygen atoms in total. The highest BCUT2D eigenvalue weighted by molar-refractivity contribution is 7.98. The van der Waals surface area contributed by atoms with Gasteiger partial charge < -0.3 is 14.8 Å². The van der Waals surface area contributed by atoms with Gasteiger partial charge in [-0.2, -0.15) is 0 Å². The van der Waals surface area contributed by atoms with Gasteiger partial charge in [0.25, 0.3) is 0 Å². The van der Waals surface area contributed by atoms with Crippen molar-refractivity contribution in [1.29, 1.82) is 0 Å². The van der Waals surface area contributed by atoms with Crippen LogP contribution in [0.3, 0.4) is 0 Å². The molecule has 0 aliphatic carbocycles. The van der Waals surface area contributed by atoms with Crippen LogP contribution in [0, 0.1) is 0 Å². The van der Waals surface area contributed by atoms with E-state index in [4.69, 9.17) is 17.2 Å². The van der Waals surface area contributed by atoms with Crippen LogP contribution in [0.4, 0.5) is 5.69 Å². The average Bonchev–Trinajstić information content (AvgIpc) is 3.27. The van der Waals surface area contributed by atoms with Gasteiger partial charge in [0.05, 0.1) is 0 Å². The number of anilines is 1. The van der Waals surface area contributed by atoms with E-state index in [9.17, 15) is 0 Å². The van der Waals surface area contributed by atoms with Crippen LogP contribution in [0.2, 0.25) is 0 Å². The van der Waals surface area contributed by atoms with E-state index in [1.807, 2.05) is 6.20 Å². The lowest BCUT2D eigenvalue weighted by molar-refractivity contribution is 0.307. The van der Waals surface area contributed by atoms with Gasteiger partial charge in [-0.15, -0.1) is 11.8 Å². The standard InChI is InChI=1S/C26H32N4S2/c1-19(2)21-9-7-20(8-10-21)18-30-16-13-27-25(30)22-11-14-29(15-12-22)26(31)28-23-5-4-6-24(17-23)32-3/h4-10,13,16-17,19,22H,11-12,14-15,18H2,1-3H3,(H,28,31). The molecular weight excluding hydrogens is 432 g/mol. The Hall–Kier alpha value is -2.31. The van der Waals surface area contributed by atoms with Crippen molar-refractivity contribution in [2.24, 2.45) is 0 Å². The Kier molecular flexibility index (Phi) is 7.53. The third kappa shape index (κ3) is 5.54. The predicted molar refractivity (Wildman–Crippen MR) is 140 cm³/mol. The van der Waals surface area contributed by atoms with Crippen molar-refractivity contribution in [2.45, 2.75) is 50.0 Å². The Morgan fingerprint density at radius 2 is 1.91 bits per heavy atom. The minimum Gasteiger partial charge on any atom is -0.349 e. The number of hydrogen-bond donors (Lipinski definition) is 1. The van der Waals surface area contributed by atoms with Gasteiger partial charge in [-0.3, -0.25) is 0 Å². The van der Waals surface area contributed by atoms with Gasteiger partial charge in [-0.1, -0.05) is 44.2 Å². The Bertz CT molecular complexity index is 1030. The zero-order valence-electron chi connectivity index (χ0n) is 19.1. The molecule has 1 fully saturated rings. The summed E-state index contributed by atoms with van der Waals surface area (Å²) >= 11 is 7.44. The molecule has 0 bridgehead atoms. The van der Waals surface area contributed by atoms with Crippen molar-refractivity contribution in [3.8, 4) is 0 Å². The maximum atomic E-state index is 5.70. The SMILES string of the molecule is CSc1cccc(NC(=S)N2CCC(c3nccn3Cc3ccc(C(C)C)cc3)CC2)c1. The van der Waals surface area contributed by atoms with E-state index in [-0.39, 0.29) is 0 Å². The van der Waals surface area contributed by atoms with E-state index < -0.39 is 0 Å². The molecule has 2 aromatic carbocycles. The Balaban J connectivity index is 1.34. The van der Waals surface area contributed by atoms with E-state index in [0.717, 1.165) is 43.3 Å². The van der Waals surface area contributed by atoms with E-state index in [2.05, 4.69) is 89.6 Å². The Morgan fingerprint density at radius 1 is 1.16 bits per heavy atom. The lowest BCUT2D eigenvalue weighted by atomic mass is 9.96. The summed E-state index contributed by atoms with van der Waals surface area (Å²) in [5.74, 6) is 2.23. The number of thiocarbonyl (C=S) groups is 1. The molecule has 0 amide bonds. The number of imidazole rings is 1. The Morgan fingerprint density at radius 3 is 2.59 bits per heavy atom. The molecule has 3 aromatic rings. The molecule has 1 aliphatic heterocycles. The van der Waals surface area contributed by atoms with Gasteiger partial charge >= 0.3 is 0 Å². The average molecular weight is 465 g/mol. The van der Waals surface area contributed by atoms with Crippen LogP contribution < -0.4 is 5.32 Å². The van der Waals surface area contributed by atoms with Crippen molar-refractivity contribution in [2.75, 3.05) is 24.7 Å². The number of likely N-dealkylation sites (tertiary alicyclic amines) is 1. The van der Waals surface area contributed by atoms with Gasteiger partial charge in [0.15, 0.2) is 5.11 Å². The van der Waals surface area contributed by atoms with Crippen LogP contribution in [0.1, 0.15) is 55.5 Å². The van der Waals surface area contributed by atoms with Crippen LogP contribution in [-0.4, -0.2) is 38.9 Å². The monoisotopic (exact) mass is 464 g/mol. The van der Waals surface area contributed by atoms with E-state index >= 15 is 0 Å².